The average Bonchev–Trinajstić information content (AvgIpc) is 3.20. The van der Waals surface area contributed by atoms with Gasteiger partial charge in [0.1, 0.15) is 16.8 Å². The van der Waals surface area contributed by atoms with Crippen molar-refractivity contribution in [3.05, 3.63) is 137 Å². The predicted molar refractivity (Wildman–Crippen MR) is 221 cm³/mol. The fraction of sp³-hybridized carbons (Fsp3) is 0.238. The maximum Gasteiger partial charge on any atom is 0.257 e. The van der Waals surface area contributed by atoms with Gasteiger partial charge in [0, 0.05) is 67.4 Å². The molecule has 6 heterocycles. The number of hydrogen-bond acceptors (Lipinski definition) is 8. The summed E-state index contributed by atoms with van der Waals surface area (Å²) in [7, 11) is 0. The molecule has 0 saturated carbocycles. The molecule has 0 radical (unpaired) electrons. The summed E-state index contributed by atoms with van der Waals surface area (Å²) in [6.07, 6.45) is 4.98. The van der Waals surface area contributed by atoms with E-state index in [1.54, 1.807) is 49.6 Å². The topological polar surface area (TPSA) is 152 Å². The number of aryl methyl sites for hydroxylation is 1. The van der Waals surface area contributed by atoms with E-state index >= 15 is 0 Å². The van der Waals surface area contributed by atoms with E-state index in [1.807, 2.05) is 39.5 Å². The van der Waals surface area contributed by atoms with Gasteiger partial charge >= 0.3 is 0 Å². The van der Waals surface area contributed by atoms with E-state index < -0.39 is 5.91 Å². The molecule has 6 aromatic rings. The molecule has 0 unspecified atom stereocenters. The van der Waals surface area contributed by atoms with Gasteiger partial charge in [-0.25, -0.2) is 9.97 Å². The molecule has 0 saturated heterocycles. The van der Waals surface area contributed by atoms with E-state index in [9.17, 15) is 19.2 Å². The third-order valence-electron chi connectivity index (χ3n) is 9.43. The highest BCUT2D eigenvalue weighted by Gasteiger charge is 2.23. The molecular formula is C42H38Cl2N8O4. The van der Waals surface area contributed by atoms with Gasteiger partial charge in [-0.05, 0) is 66.8 Å². The maximum absolute atomic E-state index is 13.1. The Morgan fingerprint density at radius 2 is 1.23 bits per heavy atom. The van der Waals surface area contributed by atoms with Crippen molar-refractivity contribution >= 4 is 68.5 Å². The molecule has 284 valence electrons. The lowest BCUT2D eigenvalue weighted by Gasteiger charge is -2.22. The average molecular weight is 790 g/mol. The van der Waals surface area contributed by atoms with E-state index in [2.05, 4.69) is 50.0 Å². The second-order valence-electron chi connectivity index (χ2n) is 13.3. The molecule has 2 aliphatic heterocycles. The fourth-order valence-electron chi connectivity index (χ4n) is 6.75. The van der Waals surface area contributed by atoms with Crippen LogP contribution in [0.1, 0.15) is 63.5 Å². The van der Waals surface area contributed by atoms with Crippen LogP contribution in [0.5, 0.6) is 0 Å². The lowest BCUT2D eigenvalue weighted by Crippen LogP contribution is -2.31. The maximum atomic E-state index is 13.1. The number of aromatic nitrogens is 4. The summed E-state index contributed by atoms with van der Waals surface area (Å²) < 4.78 is 3.85. The molecule has 4 aromatic heterocycles. The van der Waals surface area contributed by atoms with Crippen LogP contribution in [-0.2, 0) is 32.6 Å². The summed E-state index contributed by atoms with van der Waals surface area (Å²) in [6.45, 7) is 7.11. The Hall–Kier alpha value is -6.16. The summed E-state index contributed by atoms with van der Waals surface area (Å²) >= 11 is 11.8. The van der Waals surface area contributed by atoms with Crippen molar-refractivity contribution < 1.29 is 9.59 Å². The van der Waals surface area contributed by atoms with Crippen LogP contribution in [0.3, 0.4) is 0 Å². The first kappa shape index (κ1) is 38.1. The number of benzene rings is 2. The van der Waals surface area contributed by atoms with Crippen LogP contribution in [0.25, 0.3) is 21.8 Å². The van der Waals surface area contributed by atoms with E-state index in [1.165, 1.54) is 0 Å². The first-order valence-electron chi connectivity index (χ1n) is 18.2. The second-order valence-corrected chi connectivity index (χ2v) is 14.2. The largest absolute Gasteiger partial charge is 0.367 e. The van der Waals surface area contributed by atoms with Crippen molar-refractivity contribution in [2.45, 2.75) is 52.9 Å². The van der Waals surface area contributed by atoms with Gasteiger partial charge in [-0.15, -0.1) is 0 Å². The number of carbonyl (C=O) groups excluding carboxylic acids is 2. The van der Waals surface area contributed by atoms with Crippen LogP contribution in [0.4, 0.5) is 11.6 Å². The molecule has 0 fully saturated rings. The first-order valence-corrected chi connectivity index (χ1v) is 19.0. The molecule has 2 aliphatic rings. The van der Waals surface area contributed by atoms with Crippen molar-refractivity contribution in [2.75, 3.05) is 23.7 Å². The van der Waals surface area contributed by atoms with Crippen molar-refractivity contribution in [1.82, 2.24) is 29.7 Å². The highest BCUT2D eigenvalue weighted by atomic mass is 35.5. The first-order chi connectivity index (χ1) is 27.1. The van der Waals surface area contributed by atoms with Crippen molar-refractivity contribution in [2.24, 2.45) is 0 Å². The SMILES string of the molecule is CC#Cc1cc2c(=O)c(C(=O)NCc3ccc(Cl)cc3)cn3c2c(n1)NCC3.CCCc1cc2c(=O)c(C(=O)NCc3ccc(Cl)cc3)cn3c2c(n1)NCC3. The van der Waals surface area contributed by atoms with E-state index in [-0.39, 0.29) is 27.9 Å². The van der Waals surface area contributed by atoms with Gasteiger partial charge < -0.3 is 30.4 Å². The molecule has 12 nitrogen and oxygen atoms in total. The van der Waals surface area contributed by atoms with Gasteiger partial charge in [0.05, 0.1) is 21.8 Å². The number of nitrogens with one attached hydrogen (secondary N) is 4. The van der Waals surface area contributed by atoms with Gasteiger partial charge in [0.25, 0.3) is 11.8 Å². The molecule has 2 amide bonds. The van der Waals surface area contributed by atoms with Crippen molar-refractivity contribution in [3.8, 4) is 11.8 Å². The molecule has 56 heavy (non-hydrogen) atoms. The number of amides is 2. The van der Waals surface area contributed by atoms with Crippen molar-refractivity contribution in [1.29, 1.82) is 0 Å². The van der Waals surface area contributed by atoms with E-state index in [4.69, 9.17) is 23.2 Å². The Bertz CT molecular complexity index is 2680. The number of anilines is 2. The monoisotopic (exact) mass is 788 g/mol. The molecule has 0 atom stereocenters. The Morgan fingerprint density at radius 1 is 0.750 bits per heavy atom. The minimum atomic E-state index is -0.411. The molecule has 0 spiro atoms. The quantitative estimate of drug-likeness (QED) is 0.135. The summed E-state index contributed by atoms with van der Waals surface area (Å²) in [5.41, 5.74) is 4.33. The number of hydrogen-bond donors (Lipinski definition) is 4. The third-order valence-corrected chi connectivity index (χ3v) is 9.94. The van der Waals surface area contributed by atoms with Crippen LogP contribution < -0.4 is 32.1 Å². The number of halogens is 2. The van der Waals surface area contributed by atoms with Crippen LogP contribution in [-0.4, -0.2) is 44.0 Å². The number of nitrogens with zero attached hydrogens (tertiary/aromatic N) is 4. The minimum Gasteiger partial charge on any atom is -0.367 e. The molecule has 4 N–H and O–H groups in total. The smallest absolute Gasteiger partial charge is 0.257 e. The van der Waals surface area contributed by atoms with Crippen molar-refractivity contribution in [3.63, 3.8) is 0 Å². The number of carbonyl (C=O) groups is 2. The molecule has 0 aliphatic carbocycles. The zero-order chi connectivity index (χ0) is 39.3. The van der Waals surface area contributed by atoms with Gasteiger partial charge in [-0.2, -0.15) is 0 Å². The summed E-state index contributed by atoms with van der Waals surface area (Å²) in [5, 5.41) is 14.4. The highest BCUT2D eigenvalue weighted by Crippen LogP contribution is 2.26. The second kappa shape index (κ2) is 16.7. The predicted octanol–water partition coefficient (Wildman–Crippen LogP) is 6.13. The Kier molecular flexibility index (Phi) is 11.4. The standard InChI is InChI=1S/C21H21ClN4O2.C21H17ClN4O2/c2*1-2-3-15-10-16-18-20(25-15)23-8-9-26(18)12-17(19(16)27)21(28)24-11-13-4-6-14(22)7-5-13/h4-7,10,12H,2-3,8-9,11H2,1H3,(H,23,25)(H,24,28);4-7,10,12H,8-9,11H2,1H3,(H,23,25)(H,24,28). The number of rotatable bonds is 8. The van der Waals surface area contributed by atoms with E-state index in [0.717, 1.165) is 41.0 Å². The van der Waals surface area contributed by atoms with Crippen LogP contribution in [0, 0.1) is 11.8 Å². The van der Waals surface area contributed by atoms with Gasteiger partial charge in [-0.3, -0.25) is 19.2 Å². The van der Waals surface area contributed by atoms with E-state index in [0.29, 0.717) is 77.1 Å². The Morgan fingerprint density at radius 3 is 1.71 bits per heavy atom. The number of pyridine rings is 4. The van der Waals surface area contributed by atoms with Crippen LogP contribution >= 0.6 is 23.2 Å². The summed E-state index contributed by atoms with van der Waals surface area (Å²) in [4.78, 5) is 60.7. The molecule has 8 rings (SSSR count). The minimum absolute atomic E-state index is 0.107. The Balaban J connectivity index is 0.000000172. The fourth-order valence-corrected chi connectivity index (χ4v) is 7.01. The lowest BCUT2D eigenvalue weighted by molar-refractivity contribution is 0.0941. The highest BCUT2D eigenvalue weighted by molar-refractivity contribution is 6.30. The van der Waals surface area contributed by atoms with Crippen LogP contribution in [0.15, 0.2) is 82.6 Å². The molecule has 2 aromatic carbocycles. The zero-order valence-corrected chi connectivity index (χ0v) is 32.3. The third kappa shape index (κ3) is 8.10. The summed E-state index contributed by atoms with van der Waals surface area (Å²) in [6, 6.07) is 17.9. The molecule has 0 bridgehead atoms. The zero-order valence-electron chi connectivity index (χ0n) is 30.8. The normalized spacial score (nSPS) is 12.4. The van der Waals surface area contributed by atoms with Gasteiger partial charge in [0.15, 0.2) is 11.6 Å². The van der Waals surface area contributed by atoms with Crippen LogP contribution in [0.2, 0.25) is 10.0 Å². The molecular weight excluding hydrogens is 751 g/mol. The Labute approximate surface area is 332 Å². The van der Waals surface area contributed by atoms with Gasteiger partial charge in [0.2, 0.25) is 10.9 Å². The molecule has 14 heteroatoms. The summed E-state index contributed by atoms with van der Waals surface area (Å²) in [5.74, 6) is 6.23. The lowest BCUT2D eigenvalue weighted by atomic mass is 10.1. The van der Waals surface area contributed by atoms with Gasteiger partial charge in [-0.1, -0.05) is 66.7 Å².